The van der Waals surface area contributed by atoms with Gasteiger partial charge in [-0.2, -0.15) is 0 Å². The van der Waals surface area contributed by atoms with Crippen LogP contribution in [-0.2, 0) is 6.42 Å². The van der Waals surface area contributed by atoms with Gasteiger partial charge >= 0.3 is 0 Å². The number of rotatable bonds is 5. The van der Waals surface area contributed by atoms with Crippen LogP contribution in [0.25, 0.3) is 0 Å². The number of hydrogen-bond acceptors (Lipinski definition) is 4. The van der Waals surface area contributed by atoms with Gasteiger partial charge in [-0.25, -0.2) is 0 Å². The monoisotopic (exact) mass is 309 g/mol. The Morgan fingerprint density at radius 3 is 2.48 bits per heavy atom. The lowest BCUT2D eigenvalue weighted by atomic mass is 10.1. The van der Waals surface area contributed by atoms with Gasteiger partial charge in [-0.3, -0.25) is 9.69 Å². The van der Waals surface area contributed by atoms with Crippen LogP contribution in [0.15, 0.2) is 16.5 Å². The second-order valence-electron chi connectivity index (χ2n) is 5.27. The third-order valence-corrected chi connectivity index (χ3v) is 4.25. The molecular formula is C15H23N3O2S. The lowest BCUT2D eigenvalue weighted by Crippen LogP contribution is -2.54. The first-order valence-electron chi connectivity index (χ1n) is 7.48. The first kappa shape index (κ1) is 16.0. The van der Waals surface area contributed by atoms with Crippen molar-refractivity contribution < 1.29 is 9.21 Å². The zero-order valence-corrected chi connectivity index (χ0v) is 13.5. The van der Waals surface area contributed by atoms with Crippen LogP contribution in [0.5, 0.6) is 0 Å². The molecule has 21 heavy (non-hydrogen) atoms. The average molecular weight is 309 g/mol. The number of carbonyl (C=O) groups is 1. The molecule has 0 spiro atoms. The molecule has 1 aromatic rings. The Bertz CT molecular complexity index is 507. The van der Waals surface area contributed by atoms with Crippen molar-refractivity contribution >= 4 is 23.1 Å². The van der Waals surface area contributed by atoms with Crippen LogP contribution in [0.1, 0.15) is 36.6 Å². The van der Waals surface area contributed by atoms with Gasteiger partial charge in [0.1, 0.15) is 5.76 Å². The molecule has 0 aliphatic carbocycles. The summed E-state index contributed by atoms with van der Waals surface area (Å²) in [6, 6.07) is 3.76. The van der Waals surface area contributed by atoms with E-state index >= 15 is 0 Å². The van der Waals surface area contributed by atoms with Crippen molar-refractivity contribution in [3.05, 3.63) is 23.7 Å². The molecule has 1 aliphatic heterocycles. The highest BCUT2D eigenvalue weighted by Crippen LogP contribution is 2.15. The van der Waals surface area contributed by atoms with E-state index in [0.717, 1.165) is 31.7 Å². The maximum atomic E-state index is 12.4. The van der Waals surface area contributed by atoms with Crippen LogP contribution in [-0.4, -0.2) is 52.9 Å². The highest BCUT2D eigenvalue weighted by molar-refractivity contribution is 7.80. The van der Waals surface area contributed by atoms with Crippen LogP contribution in [0.4, 0.5) is 0 Å². The topological polar surface area (TPSA) is 62.7 Å². The summed E-state index contributed by atoms with van der Waals surface area (Å²) in [5, 5.41) is 0. The summed E-state index contributed by atoms with van der Waals surface area (Å²) in [6.07, 6.45) is 1.70. The van der Waals surface area contributed by atoms with Gasteiger partial charge in [0.15, 0.2) is 5.76 Å². The summed E-state index contributed by atoms with van der Waals surface area (Å²) in [7, 11) is 0. The predicted molar refractivity (Wildman–Crippen MR) is 86.4 cm³/mol. The fourth-order valence-electron chi connectivity index (χ4n) is 2.71. The van der Waals surface area contributed by atoms with Crippen LogP contribution >= 0.6 is 12.2 Å². The van der Waals surface area contributed by atoms with Crippen molar-refractivity contribution in [2.45, 2.75) is 32.7 Å². The second-order valence-corrected chi connectivity index (χ2v) is 5.75. The van der Waals surface area contributed by atoms with E-state index in [9.17, 15) is 4.79 Å². The van der Waals surface area contributed by atoms with Gasteiger partial charge in [0, 0.05) is 32.6 Å². The van der Waals surface area contributed by atoms with E-state index in [1.54, 1.807) is 6.07 Å². The molecule has 1 aromatic heterocycles. The molecule has 0 bridgehead atoms. The lowest BCUT2D eigenvalue weighted by Gasteiger charge is -2.38. The van der Waals surface area contributed by atoms with Gasteiger partial charge in [-0.1, -0.05) is 26.1 Å². The summed E-state index contributed by atoms with van der Waals surface area (Å²) >= 11 is 5.11. The normalized spacial score (nSPS) is 17.7. The molecule has 1 unspecified atom stereocenters. The number of carbonyl (C=O) groups excluding carboxylic acids is 1. The highest BCUT2D eigenvalue weighted by atomic mass is 32.1. The largest absolute Gasteiger partial charge is 0.456 e. The minimum absolute atomic E-state index is 0.0299. The molecule has 0 aromatic carbocycles. The van der Waals surface area contributed by atoms with Gasteiger partial charge in [-0.05, 0) is 18.6 Å². The van der Waals surface area contributed by atoms with Crippen molar-refractivity contribution in [1.82, 2.24) is 9.80 Å². The van der Waals surface area contributed by atoms with Crippen LogP contribution in [0, 0.1) is 0 Å². The van der Waals surface area contributed by atoms with Crippen molar-refractivity contribution in [2.75, 3.05) is 26.2 Å². The standard InChI is InChI=1S/C15H23N3O2S/c1-3-11-5-6-13(20-11)15(19)18-9-7-17(8-10-18)12(4-2)14(16)21/h5-6,12H,3-4,7-10H2,1-2H3,(H2,16,21). The molecule has 116 valence electrons. The minimum Gasteiger partial charge on any atom is -0.456 e. The van der Waals surface area contributed by atoms with E-state index in [4.69, 9.17) is 22.4 Å². The van der Waals surface area contributed by atoms with E-state index in [1.807, 2.05) is 17.9 Å². The summed E-state index contributed by atoms with van der Waals surface area (Å²) in [6.45, 7) is 7.04. The SMILES string of the molecule is CCc1ccc(C(=O)N2CCN(C(CC)C(N)=S)CC2)o1. The zero-order chi connectivity index (χ0) is 15.4. The molecule has 2 N–H and O–H groups in total. The Labute approximate surface area is 131 Å². The number of nitrogens with two attached hydrogens (primary N) is 1. The van der Waals surface area contributed by atoms with E-state index in [1.165, 1.54) is 0 Å². The molecule has 1 saturated heterocycles. The third kappa shape index (κ3) is 3.63. The second kappa shape index (κ2) is 7.04. The van der Waals surface area contributed by atoms with Gasteiger partial charge in [0.25, 0.3) is 5.91 Å². The van der Waals surface area contributed by atoms with Crippen LogP contribution in [0.2, 0.25) is 0 Å². The van der Waals surface area contributed by atoms with E-state index in [2.05, 4.69) is 11.8 Å². The number of nitrogens with zero attached hydrogens (tertiary/aromatic N) is 2. The number of furan rings is 1. The maximum absolute atomic E-state index is 12.4. The maximum Gasteiger partial charge on any atom is 0.289 e. The molecule has 0 radical (unpaired) electrons. The lowest BCUT2D eigenvalue weighted by molar-refractivity contribution is 0.0580. The first-order valence-corrected chi connectivity index (χ1v) is 7.89. The molecule has 2 rings (SSSR count). The zero-order valence-electron chi connectivity index (χ0n) is 12.7. The van der Waals surface area contributed by atoms with Crippen molar-refractivity contribution in [1.29, 1.82) is 0 Å². The van der Waals surface area contributed by atoms with Crippen molar-refractivity contribution in [3.63, 3.8) is 0 Å². The number of thiocarbonyl (C=S) groups is 1. The molecule has 1 aliphatic rings. The Balaban J connectivity index is 1.94. The molecule has 0 saturated carbocycles. The summed E-state index contributed by atoms with van der Waals surface area (Å²) in [5.74, 6) is 1.25. The molecule has 6 heteroatoms. The van der Waals surface area contributed by atoms with E-state index < -0.39 is 0 Å². The molecule has 1 fully saturated rings. The number of aryl methyl sites for hydroxylation is 1. The fourth-order valence-corrected chi connectivity index (χ4v) is 3.03. The van der Waals surface area contributed by atoms with Gasteiger partial charge in [0.2, 0.25) is 0 Å². The predicted octanol–water partition coefficient (Wildman–Crippen LogP) is 1.66. The number of piperazine rings is 1. The van der Waals surface area contributed by atoms with Crippen molar-refractivity contribution in [3.8, 4) is 0 Å². The third-order valence-electron chi connectivity index (χ3n) is 3.98. The molecular weight excluding hydrogens is 286 g/mol. The Morgan fingerprint density at radius 2 is 2.00 bits per heavy atom. The summed E-state index contributed by atoms with van der Waals surface area (Å²) < 4.78 is 5.54. The van der Waals surface area contributed by atoms with Crippen LogP contribution < -0.4 is 5.73 Å². The van der Waals surface area contributed by atoms with Gasteiger partial charge in [0.05, 0.1) is 11.0 Å². The summed E-state index contributed by atoms with van der Waals surface area (Å²) in [4.78, 5) is 17.0. The number of amides is 1. The first-order chi connectivity index (χ1) is 10.1. The Morgan fingerprint density at radius 1 is 1.33 bits per heavy atom. The molecule has 5 nitrogen and oxygen atoms in total. The Kier molecular flexibility index (Phi) is 5.36. The van der Waals surface area contributed by atoms with Crippen molar-refractivity contribution in [2.24, 2.45) is 5.73 Å². The number of hydrogen-bond donors (Lipinski definition) is 1. The minimum atomic E-state index is -0.0299. The fraction of sp³-hybridized carbons (Fsp3) is 0.600. The van der Waals surface area contributed by atoms with Gasteiger partial charge < -0.3 is 15.1 Å². The van der Waals surface area contributed by atoms with E-state index in [0.29, 0.717) is 23.8 Å². The average Bonchev–Trinajstić information content (AvgIpc) is 2.96. The molecule has 2 heterocycles. The Hall–Kier alpha value is -1.40. The van der Waals surface area contributed by atoms with Gasteiger partial charge in [-0.15, -0.1) is 0 Å². The molecule has 1 amide bonds. The summed E-state index contributed by atoms with van der Waals surface area (Å²) in [5.41, 5.74) is 5.78. The molecule has 1 atom stereocenters. The smallest absolute Gasteiger partial charge is 0.289 e. The quantitative estimate of drug-likeness (QED) is 0.838. The highest BCUT2D eigenvalue weighted by Gasteiger charge is 2.28. The van der Waals surface area contributed by atoms with Crippen LogP contribution in [0.3, 0.4) is 0 Å². The van der Waals surface area contributed by atoms with E-state index in [-0.39, 0.29) is 11.9 Å².